The zero-order valence-electron chi connectivity index (χ0n) is 18.3. The second-order valence-electron chi connectivity index (χ2n) is 9.06. The van der Waals surface area contributed by atoms with Crippen LogP contribution >= 0.6 is 0 Å². The molecule has 7 nitrogen and oxygen atoms in total. The summed E-state index contributed by atoms with van der Waals surface area (Å²) in [6, 6.07) is 12.1. The predicted octanol–water partition coefficient (Wildman–Crippen LogP) is 3.92. The molecule has 2 amide bonds. The molecule has 6 rings (SSSR count). The Morgan fingerprint density at radius 2 is 1.88 bits per heavy atom. The summed E-state index contributed by atoms with van der Waals surface area (Å²) in [7, 11) is 0. The molecule has 3 aromatic rings. The number of aryl methyl sites for hydroxylation is 1. The third kappa shape index (κ3) is 3.19. The first-order valence-electron chi connectivity index (χ1n) is 11.4. The Bertz CT molecular complexity index is 1190. The van der Waals surface area contributed by atoms with Crippen molar-refractivity contribution in [1.29, 1.82) is 0 Å². The third-order valence-electron chi connectivity index (χ3n) is 7.08. The van der Waals surface area contributed by atoms with E-state index in [-0.39, 0.29) is 11.6 Å². The van der Waals surface area contributed by atoms with Crippen LogP contribution < -0.4 is 20.1 Å². The number of carbonyl (C=O) groups excluding carboxylic acids is 1. The van der Waals surface area contributed by atoms with E-state index in [4.69, 9.17) is 9.47 Å². The van der Waals surface area contributed by atoms with Crippen molar-refractivity contribution in [3.63, 3.8) is 0 Å². The smallest absolute Gasteiger partial charge is 0.321 e. The van der Waals surface area contributed by atoms with Crippen molar-refractivity contribution in [2.45, 2.75) is 31.7 Å². The van der Waals surface area contributed by atoms with Gasteiger partial charge in [-0.2, -0.15) is 0 Å². The lowest BCUT2D eigenvalue weighted by Crippen LogP contribution is -2.55. The first kappa shape index (κ1) is 19.5. The van der Waals surface area contributed by atoms with E-state index in [0.29, 0.717) is 32.1 Å². The van der Waals surface area contributed by atoms with Gasteiger partial charge in [0.2, 0.25) is 0 Å². The van der Waals surface area contributed by atoms with E-state index in [0.717, 1.165) is 37.2 Å². The normalized spacial score (nSPS) is 19.1. The highest BCUT2D eigenvalue weighted by atomic mass is 16.6. The molecule has 1 saturated heterocycles. The van der Waals surface area contributed by atoms with Gasteiger partial charge in [-0.05, 0) is 56.0 Å². The van der Waals surface area contributed by atoms with Gasteiger partial charge >= 0.3 is 6.03 Å². The number of urea groups is 1. The van der Waals surface area contributed by atoms with Gasteiger partial charge in [-0.3, -0.25) is 0 Å². The minimum atomic E-state index is -0.0890. The number of amides is 2. The lowest BCUT2D eigenvalue weighted by atomic mass is 9.79. The Kier molecular flexibility index (Phi) is 4.54. The van der Waals surface area contributed by atoms with Gasteiger partial charge in [0, 0.05) is 48.0 Å². The number of fused-ring (bicyclic) bond motifs is 5. The van der Waals surface area contributed by atoms with E-state index < -0.39 is 0 Å². The van der Waals surface area contributed by atoms with Crippen LogP contribution in [0.25, 0.3) is 10.9 Å². The zero-order chi connectivity index (χ0) is 21.7. The first-order chi connectivity index (χ1) is 15.6. The maximum atomic E-state index is 12.9. The number of carbonyl (C=O) groups is 1. The molecule has 166 valence electrons. The quantitative estimate of drug-likeness (QED) is 0.545. The van der Waals surface area contributed by atoms with E-state index in [1.807, 2.05) is 23.1 Å². The lowest BCUT2D eigenvalue weighted by Gasteiger charge is -2.44. The number of aromatic amines is 1. The average molecular weight is 433 g/mol. The van der Waals surface area contributed by atoms with Crippen molar-refractivity contribution in [1.82, 2.24) is 15.2 Å². The monoisotopic (exact) mass is 432 g/mol. The fourth-order valence-electron chi connectivity index (χ4n) is 5.39. The van der Waals surface area contributed by atoms with Crippen LogP contribution in [0, 0.1) is 6.92 Å². The Morgan fingerprint density at radius 1 is 1.06 bits per heavy atom. The molecule has 2 aromatic carbocycles. The highest BCUT2D eigenvalue weighted by molar-refractivity contribution is 5.90. The van der Waals surface area contributed by atoms with Crippen molar-refractivity contribution in [3.8, 4) is 11.5 Å². The molecule has 1 spiro atoms. The second-order valence-corrected chi connectivity index (χ2v) is 9.06. The Hall–Kier alpha value is -3.19. The highest BCUT2D eigenvalue weighted by Crippen LogP contribution is 2.40. The van der Waals surface area contributed by atoms with Gasteiger partial charge in [0.1, 0.15) is 13.2 Å². The number of ether oxygens (including phenoxy) is 2. The first-order valence-corrected chi connectivity index (χ1v) is 11.4. The summed E-state index contributed by atoms with van der Waals surface area (Å²) in [6.07, 6.45) is 2.82. The predicted molar refractivity (Wildman–Crippen MR) is 124 cm³/mol. The van der Waals surface area contributed by atoms with Crippen molar-refractivity contribution < 1.29 is 14.3 Å². The number of nitrogens with zero attached hydrogens (tertiary/aromatic N) is 1. The van der Waals surface area contributed by atoms with Gasteiger partial charge in [-0.25, -0.2) is 4.79 Å². The number of anilines is 1. The molecule has 1 aromatic heterocycles. The third-order valence-corrected chi connectivity index (χ3v) is 7.08. The van der Waals surface area contributed by atoms with Crippen LogP contribution in [0.2, 0.25) is 0 Å². The summed E-state index contributed by atoms with van der Waals surface area (Å²) in [5.74, 6) is 1.40. The number of hydrogen-bond acceptors (Lipinski definition) is 4. The Balaban J connectivity index is 1.18. The highest BCUT2D eigenvalue weighted by Gasteiger charge is 2.42. The molecule has 1 fully saturated rings. The molecule has 0 atom stereocenters. The van der Waals surface area contributed by atoms with Gasteiger partial charge in [0.25, 0.3) is 0 Å². The van der Waals surface area contributed by atoms with Crippen molar-refractivity contribution in [2.24, 2.45) is 0 Å². The summed E-state index contributed by atoms with van der Waals surface area (Å²) < 4.78 is 11.2. The van der Waals surface area contributed by atoms with E-state index in [9.17, 15) is 4.79 Å². The summed E-state index contributed by atoms with van der Waals surface area (Å²) in [5.41, 5.74) is 5.89. The zero-order valence-corrected chi connectivity index (χ0v) is 18.3. The number of piperidine rings is 1. The lowest BCUT2D eigenvalue weighted by molar-refractivity contribution is 0.142. The number of benzene rings is 2. The maximum absolute atomic E-state index is 12.9. The van der Waals surface area contributed by atoms with E-state index >= 15 is 0 Å². The summed E-state index contributed by atoms with van der Waals surface area (Å²) in [5, 5.41) is 8.16. The molecular formula is C25H28N4O3. The largest absolute Gasteiger partial charge is 0.486 e. The van der Waals surface area contributed by atoms with Crippen molar-refractivity contribution in [3.05, 3.63) is 53.2 Å². The second kappa shape index (κ2) is 7.45. The summed E-state index contributed by atoms with van der Waals surface area (Å²) in [4.78, 5) is 18.6. The van der Waals surface area contributed by atoms with Gasteiger partial charge in [0.05, 0.1) is 5.54 Å². The van der Waals surface area contributed by atoms with Crippen LogP contribution in [0.3, 0.4) is 0 Å². The SMILES string of the molecule is Cc1ccc2[nH]c3c(c2c1)CCNC31CCN(C(=O)Nc2ccc3c(c2)OCCO3)CC1. The van der Waals surface area contributed by atoms with Crippen LogP contribution in [-0.4, -0.2) is 48.8 Å². The fourth-order valence-corrected chi connectivity index (χ4v) is 5.39. The molecule has 32 heavy (non-hydrogen) atoms. The summed E-state index contributed by atoms with van der Waals surface area (Å²) >= 11 is 0. The van der Waals surface area contributed by atoms with Gasteiger partial charge in [-0.1, -0.05) is 11.6 Å². The standard InChI is InChI=1S/C25H28N4O3/c1-16-2-4-20-19(14-16)18-6-9-26-25(23(18)28-20)7-10-29(11-8-25)24(30)27-17-3-5-21-22(15-17)32-13-12-31-21/h2-5,14-15,26,28H,6-13H2,1H3,(H,27,30). The minimum absolute atomic E-state index is 0.0696. The van der Waals surface area contributed by atoms with Crippen LogP contribution in [0.1, 0.15) is 29.7 Å². The molecule has 3 aliphatic heterocycles. The number of likely N-dealkylation sites (tertiary alicyclic amines) is 1. The van der Waals surface area contributed by atoms with Crippen LogP contribution in [0.5, 0.6) is 11.5 Å². The number of hydrogen-bond donors (Lipinski definition) is 3. The molecule has 7 heteroatoms. The molecule has 4 heterocycles. The van der Waals surface area contributed by atoms with E-state index in [1.54, 1.807) is 0 Å². The average Bonchev–Trinajstić information content (AvgIpc) is 3.19. The van der Waals surface area contributed by atoms with E-state index in [1.165, 1.54) is 27.7 Å². The molecule has 3 N–H and O–H groups in total. The fraction of sp³-hybridized carbons (Fsp3) is 0.400. The number of rotatable bonds is 1. The molecule has 0 saturated carbocycles. The molecule has 0 radical (unpaired) electrons. The molecule has 0 aliphatic carbocycles. The minimum Gasteiger partial charge on any atom is -0.486 e. The molecular weight excluding hydrogens is 404 g/mol. The topological polar surface area (TPSA) is 78.6 Å². The summed E-state index contributed by atoms with van der Waals surface area (Å²) in [6.45, 7) is 5.61. The maximum Gasteiger partial charge on any atom is 0.321 e. The van der Waals surface area contributed by atoms with Crippen LogP contribution in [0.15, 0.2) is 36.4 Å². The van der Waals surface area contributed by atoms with Gasteiger partial charge in [-0.15, -0.1) is 0 Å². The molecule has 0 unspecified atom stereocenters. The van der Waals surface area contributed by atoms with E-state index in [2.05, 4.69) is 40.7 Å². The number of H-pyrrole nitrogens is 1. The van der Waals surface area contributed by atoms with Gasteiger partial charge in [0.15, 0.2) is 11.5 Å². The van der Waals surface area contributed by atoms with Crippen molar-refractivity contribution in [2.75, 3.05) is 38.2 Å². The molecule has 3 aliphatic rings. The van der Waals surface area contributed by atoms with Crippen molar-refractivity contribution >= 4 is 22.6 Å². The Morgan fingerprint density at radius 3 is 2.72 bits per heavy atom. The van der Waals surface area contributed by atoms with Gasteiger partial charge < -0.3 is 30.0 Å². The molecule has 0 bridgehead atoms. The Labute approximate surface area is 187 Å². The van der Waals surface area contributed by atoms with Crippen LogP contribution in [-0.2, 0) is 12.0 Å². The number of nitrogens with one attached hydrogen (secondary N) is 3. The van der Waals surface area contributed by atoms with Crippen LogP contribution in [0.4, 0.5) is 10.5 Å². The number of aromatic nitrogens is 1.